The highest BCUT2D eigenvalue weighted by atomic mass is 19.4. The topological polar surface area (TPSA) is 26.3 Å². The molecule has 0 aromatic heterocycles. The Bertz CT molecular complexity index is 851. The summed E-state index contributed by atoms with van der Waals surface area (Å²) in [6.45, 7) is 2.28. The fourth-order valence-corrected chi connectivity index (χ4v) is 7.35. The predicted molar refractivity (Wildman–Crippen MR) is 128 cm³/mol. The van der Waals surface area contributed by atoms with Gasteiger partial charge in [-0.2, -0.15) is 13.2 Å². The van der Waals surface area contributed by atoms with Gasteiger partial charge in [-0.25, -0.2) is 8.78 Å². The van der Waals surface area contributed by atoms with Crippen molar-refractivity contribution < 1.29 is 31.5 Å². The Hall–Kier alpha value is -1.66. The lowest BCUT2D eigenvalue weighted by atomic mass is 9.65. The number of esters is 1. The van der Waals surface area contributed by atoms with Crippen LogP contribution in [0.4, 0.5) is 22.0 Å². The molecule has 36 heavy (non-hydrogen) atoms. The Morgan fingerprint density at radius 2 is 1.19 bits per heavy atom. The number of carbonyl (C=O) groups excluding carboxylic acids is 1. The number of rotatable bonds is 6. The van der Waals surface area contributed by atoms with Gasteiger partial charge in [-0.05, 0) is 93.8 Å². The third-order valence-corrected chi connectivity index (χ3v) is 9.36. The molecular formula is C29H39F5O2. The lowest BCUT2D eigenvalue weighted by Crippen LogP contribution is -2.31. The van der Waals surface area contributed by atoms with Crippen molar-refractivity contribution in [1.82, 2.24) is 0 Å². The second kappa shape index (κ2) is 11.8. The molecule has 0 radical (unpaired) electrons. The minimum atomic E-state index is -5.15. The molecular weight excluding hydrogens is 475 g/mol. The van der Waals surface area contributed by atoms with Crippen LogP contribution in [0.2, 0.25) is 0 Å². The van der Waals surface area contributed by atoms with Gasteiger partial charge in [-0.15, -0.1) is 0 Å². The number of benzene rings is 1. The molecule has 202 valence electrons. The van der Waals surface area contributed by atoms with Crippen LogP contribution < -0.4 is 4.74 Å². The standard InChI is InChI=1S/C29H39F5O2/c1-2-3-18-4-6-19(7-5-18)20-8-10-21(11-9-20)22-12-14-23(15-13-22)28(35)36-24-16-25(30)27(26(31)17-24)29(32,33)34/h16-23H,2-15H2,1H3. The highest BCUT2D eigenvalue weighted by Crippen LogP contribution is 2.46. The van der Waals surface area contributed by atoms with E-state index in [0.717, 1.165) is 30.6 Å². The molecule has 0 aliphatic heterocycles. The minimum absolute atomic E-state index is 0.385. The van der Waals surface area contributed by atoms with Crippen molar-refractivity contribution in [2.75, 3.05) is 0 Å². The average Bonchev–Trinajstić information content (AvgIpc) is 2.84. The van der Waals surface area contributed by atoms with Crippen LogP contribution in [0.1, 0.15) is 102 Å². The van der Waals surface area contributed by atoms with Crippen molar-refractivity contribution in [3.05, 3.63) is 29.3 Å². The molecule has 1 aromatic rings. The highest BCUT2D eigenvalue weighted by Gasteiger charge is 2.39. The van der Waals surface area contributed by atoms with Crippen LogP contribution in [0, 0.1) is 47.1 Å². The van der Waals surface area contributed by atoms with Crippen molar-refractivity contribution in [3.63, 3.8) is 0 Å². The molecule has 0 heterocycles. The summed E-state index contributed by atoms with van der Waals surface area (Å²) in [6, 6.07) is 0.869. The third kappa shape index (κ3) is 6.61. The summed E-state index contributed by atoms with van der Waals surface area (Å²) < 4.78 is 70.9. The van der Waals surface area contributed by atoms with Gasteiger partial charge in [0.1, 0.15) is 22.9 Å². The van der Waals surface area contributed by atoms with E-state index in [0.29, 0.717) is 36.8 Å². The molecule has 0 amide bonds. The maximum atomic E-state index is 13.8. The summed E-state index contributed by atoms with van der Waals surface area (Å²) in [5.74, 6) is -1.06. The van der Waals surface area contributed by atoms with E-state index in [4.69, 9.17) is 4.74 Å². The van der Waals surface area contributed by atoms with Crippen molar-refractivity contribution in [2.24, 2.45) is 35.5 Å². The molecule has 3 aliphatic rings. The first-order chi connectivity index (χ1) is 17.2. The van der Waals surface area contributed by atoms with Crippen molar-refractivity contribution in [1.29, 1.82) is 0 Å². The number of halogens is 5. The average molecular weight is 515 g/mol. The number of hydrogen-bond donors (Lipinski definition) is 0. The second-order valence-electron chi connectivity index (χ2n) is 11.5. The molecule has 0 spiro atoms. The SMILES string of the molecule is CCCC1CCC(C2CCC(C3CCC(C(=O)Oc4cc(F)c(C(F)(F)F)c(F)c4)CC3)CC2)CC1. The van der Waals surface area contributed by atoms with Gasteiger partial charge in [-0.1, -0.05) is 32.6 Å². The lowest BCUT2D eigenvalue weighted by Gasteiger charge is -2.41. The maximum Gasteiger partial charge on any atom is 0.422 e. The van der Waals surface area contributed by atoms with Crippen molar-refractivity contribution >= 4 is 5.97 Å². The fourth-order valence-electron chi connectivity index (χ4n) is 7.35. The number of alkyl halides is 3. The van der Waals surface area contributed by atoms with Gasteiger partial charge in [0, 0.05) is 12.1 Å². The van der Waals surface area contributed by atoms with E-state index in [1.807, 2.05) is 0 Å². The molecule has 3 aliphatic carbocycles. The van der Waals surface area contributed by atoms with E-state index >= 15 is 0 Å². The van der Waals surface area contributed by atoms with E-state index < -0.39 is 35.1 Å². The zero-order chi connectivity index (χ0) is 25.9. The molecule has 3 saturated carbocycles. The van der Waals surface area contributed by atoms with E-state index in [2.05, 4.69) is 6.92 Å². The summed E-state index contributed by atoms with van der Waals surface area (Å²) in [5.41, 5.74) is -1.97. The molecule has 0 atom stereocenters. The summed E-state index contributed by atoms with van der Waals surface area (Å²) in [7, 11) is 0. The van der Waals surface area contributed by atoms with E-state index in [1.165, 1.54) is 64.2 Å². The Morgan fingerprint density at radius 3 is 1.61 bits per heavy atom. The lowest BCUT2D eigenvalue weighted by molar-refractivity contribution is -0.142. The van der Waals surface area contributed by atoms with Crippen LogP contribution in [0.5, 0.6) is 5.75 Å². The van der Waals surface area contributed by atoms with E-state index in [-0.39, 0.29) is 5.92 Å². The van der Waals surface area contributed by atoms with Crippen LogP contribution in [0.25, 0.3) is 0 Å². The Labute approximate surface area is 211 Å². The fraction of sp³-hybridized carbons (Fsp3) is 0.759. The summed E-state index contributed by atoms with van der Waals surface area (Å²) in [5, 5.41) is 0. The Kier molecular flexibility index (Phi) is 8.98. The summed E-state index contributed by atoms with van der Waals surface area (Å²) in [6.07, 6.45) is 11.5. The summed E-state index contributed by atoms with van der Waals surface area (Å²) >= 11 is 0. The number of hydrogen-bond acceptors (Lipinski definition) is 2. The van der Waals surface area contributed by atoms with E-state index in [1.54, 1.807) is 0 Å². The molecule has 0 saturated heterocycles. The molecule has 1 aromatic carbocycles. The van der Waals surface area contributed by atoms with Gasteiger partial charge in [0.05, 0.1) is 5.92 Å². The van der Waals surface area contributed by atoms with Gasteiger partial charge in [0.15, 0.2) is 0 Å². The van der Waals surface area contributed by atoms with Gasteiger partial charge in [-0.3, -0.25) is 4.79 Å². The Balaban J connectivity index is 1.21. The molecule has 2 nitrogen and oxygen atoms in total. The first kappa shape index (κ1) is 27.4. The molecule has 0 bridgehead atoms. The van der Waals surface area contributed by atoms with Gasteiger partial charge >= 0.3 is 12.1 Å². The van der Waals surface area contributed by atoms with Gasteiger partial charge in [0.25, 0.3) is 0 Å². The quantitative estimate of drug-likeness (QED) is 0.215. The maximum absolute atomic E-state index is 13.8. The zero-order valence-electron chi connectivity index (χ0n) is 21.2. The number of ether oxygens (including phenoxy) is 1. The molecule has 0 unspecified atom stereocenters. The van der Waals surface area contributed by atoms with Gasteiger partial charge in [0.2, 0.25) is 0 Å². The summed E-state index contributed by atoms with van der Waals surface area (Å²) in [4.78, 5) is 12.5. The van der Waals surface area contributed by atoms with E-state index in [9.17, 15) is 26.7 Å². The van der Waals surface area contributed by atoms with Crippen molar-refractivity contribution in [2.45, 2.75) is 103 Å². The van der Waals surface area contributed by atoms with Gasteiger partial charge < -0.3 is 4.74 Å². The van der Waals surface area contributed by atoms with Crippen LogP contribution in [-0.4, -0.2) is 5.97 Å². The first-order valence-corrected chi connectivity index (χ1v) is 13.9. The first-order valence-electron chi connectivity index (χ1n) is 13.9. The molecule has 4 rings (SSSR count). The minimum Gasteiger partial charge on any atom is -0.426 e. The third-order valence-electron chi connectivity index (χ3n) is 9.36. The van der Waals surface area contributed by atoms with Crippen LogP contribution in [0.15, 0.2) is 12.1 Å². The number of carbonyl (C=O) groups is 1. The van der Waals surface area contributed by atoms with Crippen LogP contribution in [0.3, 0.4) is 0 Å². The second-order valence-corrected chi connectivity index (χ2v) is 11.5. The molecule has 7 heteroatoms. The zero-order valence-corrected chi connectivity index (χ0v) is 21.2. The normalized spacial score (nSPS) is 31.7. The van der Waals surface area contributed by atoms with Crippen LogP contribution >= 0.6 is 0 Å². The van der Waals surface area contributed by atoms with Crippen molar-refractivity contribution in [3.8, 4) is 5.75 Å². The Morgan fingerprint density at radius 1 is 0.778 bits per heavy atom. The molecule has 3 fully saturated rings. The highest BCUT2D eigenvalue weighted by molar-refractivity contribution is 5.75. The van der Waals surface area contributed by atoms with Crippen LogP contribution in [-0.2, 0) is 11.0 Å². The monoisotopic (exact) mass is 514 g/mol. The predicted octanol–water partition coefficient (Wildman–Crippen LogP) is 9.11. The largest absolute Gasteiger partial charge is 0.426 e. The molecule has 0 N–H and O–H groups in total. The smallest absolute Gasteiger partial charge is 0.422 e.